The number of aromatic carboxylic acids is 1. The van der Waals surface area contributed by atoms with E-state index < -0.39 is 5.97 Å². The van der Waals surface area contributed by atoms with Crippen molar-refractivity contribution in [2.75, 3.05) is 0 Å². The van der Waals surface area contributed by atoms with Crippen LogP contribution in [0.2, 0.25) is 0 Å². The van der Waals surface area contributed by atoms with E-state index in [2.05, 4.69) is 0 Å². The zero-order valence-electron chi connectivity index (χ0n) is 8.57. The number of carboxylic acid groups (broad SMARTS) is 1. The van der Waals surface area contributed by atoms with E-state index >= 15 is 0 Å². The molecule has 0 aliphatic carbocycles. The second kappa shape index (κ2) is 5.39. The van der Waals surface area contributed by atoms with Gasteiger partial charge in [-0.05, 0) is 17.5 Å². The van der Waals surface area contributed by atoms with Crippen molar-refractivity contribution in [3.05, 3.63) is 29.3 Å². The van der Waals surface area contributed by atoms with Gasteiger partial charge in [-0.1, -0.05) is 26.0 Å². The molecule has 0 bridgehead atoms. The van der Waals surface area contributed by atoms with Gasteiger partial charge in [0.15, 0.2) is 0 Å². The number of carbonyl (C=O) groups is 1. The van der Waals surface area contributed by atoms with Crippen molar-refractivity contribution in [1.82, 2.24) is 0 Å². The van der Waals surface area contributed by atoms with Crippen LogP contribution in [-0.4, -0.2) is 11.1 Å². The molecule has 3 nitrogen and oxygen atoms in total. The third-order valence-corrected chi connectivity index (χ3v) is 1.91. The Labute approximate surface area is 105 Å². The fourth-order valence-electron chi connectivity index (χ4n) is 1.19. The van der Waals surface area contributed by atoms with Crippen molar-refractivity contribution in [3.63, 3.8) is 0 Å². The molecule has 0 saturated carbocycles. The Morgan fingerprint density at radius 1 is 1.43 bits per heavy atom. The van der Waals surface area contributed by atoms with E-state index in [1.807, 2.05) is 13.8 Å². The van der Waals surface area contributed by atoms with Crippen LogP contribution >= 0.6 is 0 Å². The fourth-order valence-corrected chi connectivity index (χ4v) is 1.19. The van der Waals surface area contributed by atoms with Crippen LogP contribution in [0.1, 0.15) is 35.7 Å². The Kier molecular flexibility index (Phi) is 5.19. The molecule has 1 aromatic carbocycles. The smallest absolute Gasteiger partial charge is 0.545 e. The number of benzene rings is 1. The van der Waals surface area contributed by atoms with Crippen molar-refractivity contribution < 1.29 is 44.6 Å². The molecule has 0 radical (unpaired) electrons. The summed E-state index contributed by atoms with van der Waals surface area (Å²) in [6, 6.07) is 4.63. The van der Waals surface area contributed by atoms with Crippen molar-refractivity contribution in [2.24, 2.45) is 0 Å². The topological polar surface area (TPSA) is 60.4 Å². The van der Waals surface area contributed by atoms with Crippen LogP contribution < -0.4 is 34.7 Å². The summed E-state index contributed by atoms with van der Waals surface area (Å²) in [4.78, 5) is 10.5. The SMILES string of the molecule is CC(C)c1cccc(C(=O)[O-])c1O.[Na+]. The Morgan fingerprint density at radius 3 is 2.43 bits per heavy atom. The molecule has 4 heteroatoms. The molecule has 1 N–H and O–H groups in total. The van der Waals surface area contributed by atoms with Crippen LogP contribution in [0.3, 0.4) is 0 Å². The maximum absolute atomic E-state index is 10.5. The summed E-state index contributed by atoms with van der Waals surface area (Å²) in [6.07, 6.45) is 0. The predicted molar refractivity (Wildman–Crippen MR) is 46.5 cm³/mol. The number of carboxylic acids is 1. The van der Waals surface area contributed by atoms with Crippen molar-refractivity contribution >= 4 is 5.97 Å². The summed E-state index contributed by atoms with van der Waals surface area (Å²) < 4.78 is 0. The van der Waals surface area contributed by atoms with Gasteiger partial charge in [-0.15, -0.1) is 0 Å². The molecular formula is C10H11NaO3. The van der Waals surface area contributed by atoms with Crippen LogP contribution in [-0.2, 0) is 0 Å². The molecule has 14 heavy (non-hydrogen) atoms. The van der Waals surface area contributed by atoms with Gasteiger partial charge in [0, 0.05) is 5.56 Å². The fraction of sp³-hybridized carbons (Fsp3) is 0.300. The molecule has 1 aromatic rings. The Balaban J connectivity index is 0.00000169. The summed E-state index contributed by atoms with van der Waals surface area (Å²) in [6.45, 7) is 3.77. The van der Waals surface area contributed by atoms with Gasteiger partial charge in [-0.2, -0.15) is 0 Å². The summed E-state index contributed by atoms with van der Waals surface area (Å²) in [7, 11) is 0. The van der Waals surface area contributed by atoms with Gasteiger partial charge in [0.25, 0.3) is 0 Å². The zero-order chi connectivity index (χ0) is 10.0. The molecule has 0 aromatic heterocycles. The van der Waals surface area contributed by atoms with E-state index in [9.17, 15) is 15.0 Å². The standard InChI is InChI=1S/C10H12O3.Na/c1-6(2)7-4-3-5-8(9(7)11)10(12)13;/h3-6,11H,1-2H3,(H,12,13);/q;+1/p-1. The minimum absolute atomic E-state index is 0. The minimum atomic E-state index is -1.35. The van der Waals surface area contributed by atoms with Crippen LogP contribution in [0.25, 0.3) is 0 Å². The molecular weight excluding hydrogens is 191 g/mol. The molecule has 0 aliphatic rings. The molecule has 0 spiro atoms. The first-order valence-corrected chi connectivity index (χ1v) is 4.07. The summed E-state index contributed by atoms with van der Waals surface area (Å²) in [5.74, 6) is -1.43. The number of hydrogen-bond acceptors (Lipinski definition) is 3. The van der Waals surface area contributed by atoms with E-state index in [1.165, 1.54) is 6.07 Å². The average Bonchev–Trinajstić information content (AvgIpc) is 2.03. The second-order valence-corrected chi connectivity index (χ2v) is 3.19. The predicted octanol–water partition coefficient (Wildman–Crippen LogP) is -2.12. The van der Waals surface area contributed by atoms with Gasteiger partial charge in [-0.25, -0.2) is 0 Å². The zero-order valence-corrected chi connectivity index (χ0v) is 10.6. The summed E-state index contributed by atoms with van der Waals surface area (Å²) in [5, 5.41) is 20.0. The summed E-state index contributed by atoms with van der Waals surface area (Å²) >= 11 is 0. The average molecular weight is 202 g/mol. The van der Waals surface area contributed by atoms with Crippen molar-refractivity contribution in [3.8, 4) is 5.75 Å². The maximum atomic E-state index is 10.5. The molecule has 70 valence electrons. The van der Waals surface area contributed by atoms with Gasteiger partial charge in [-0.3, -0.25) is 0 Å². The van der Waals surface area contributed by atoms with Gasteiger partial charge in [0.1, 0.15) is 5.75 Å². The minimum Gasteiger partial charge on any atom is -0.545 e. The number of hydrogen-bond donors (Lipinski definition) is 1. The molecule has 1 rings (SSSR count). The van der Waals surface area contributed by atoms with Crippen LogP contribution in [0.4, 0.5) is 0 Å². The summed E-state index contributed by atoms with van der Waals surface area (Å²) in [5.41, 5.74) is 0.480. The van der Waals surface area contributed by atoms with E-state index in [0.29, 0.717) is 5.56 Å². The monoisotopic (exact) mass is 202 g/mol. The maximum Gasteiger partial charge on any atom is 1.00 e. The molecule has 0 unspecified atom stereocenters. The van der Waals surface area contributed by atoms with E-state index in [4.69, 9.17) is 0 Å². The van der Waals surface area contributed by atoms with Crippen LogP contribution in [0.5, 0.6) is 5.75 Å². The second-order valence-electron chi connectivity index (χ2n) is 3.19. The van der Waals surface area contributed by atoms with Gasteiger partial charge < -0.3 is 15.0 Å². The van der Waals surface area contributed by atoms with Crippen molar-refractivity contribution in [2.45, 2.75) is 19.8 Å². The van der Waals surface area contributed by atoms with Gasteiger partial charge >= 0.3 is 29.6 Å². The molecule has 0 amide bonds. The third-order valence-electron chi connectivity index (χ3n) is 1.91. The number of aromatic hydroxyl groups is 1. The molecule has 0 saturated heterocycles. The third kappa shape index (κ3) is 2.74. The first-order chi connectivity index (χ1) is 6.04. The Hall–Kier alpha value is -0.510. The number of para-hydroxylation sites is 1. The van der Waals surface area contributed by atoms with Gasteiger partial charge in [0.05, 0.1) is 5.97 Å². The first kappa shape index (κ1) is 13.5. The Bertz CT molecular complexity index is 334. The molecule has 0 atom stereocenters. The van der Waals surface area contributed by atoms with E-state index in [1.54, 1.807) is 12.1 Å². The number of carbonyl (C=O) groups excluding carboxylic acids is 1. The molecule has 0 aliphatic heterocycles. The first-order valence-electron chi connectivity index (χ1n) is 4.07. The number of phenols is 1. The largest absolute Gasteiger partial charge is 1.00 e. The van der Waals surface area contributed by atoms with Gasteiger partial charge in [0.2, 0.25) is 0 Å². The number of rotatable bonds is 2. The quantitative estimate of drug-likeness (QED) is 0.558. The van der Waals surface area contributed by atoms with Crippen LogP contribution in [0.15, 0.2) is 18.2 Å². The Morgan fingerprint density at radius 2 is 2.00 bits per heavy atom. The normalized spacial score (nSPS) is 9.64. The van der Waals surface area contributed by atoms with Crippen molar-refractivity contribution in [1.29, 1.82) is 0 Å². The van der Waals surface area contributed by atoms with E-state index in [0.717, 1.165) is 0 Å². The molecule has 0 heterocycles. The van der Waals surface area contributed by atoms with E-state index in [-0.39, 0.29) is 46.8 Å². The van der Waals surface area contributed by atoms with Crippen LogP contribution in [0, 0.1) is 0 Å². The molecule has 0 fully saturated rings.